The highest BCUT2D eigenvalue weighted by Gasteiger charge is 2.23. The van der Waals surface area contributed by atoms with Gasteiger partial charge in [0.05, 0.1) is 5.56 Å². The molecule has 0 saturated heterocycles. The van der Waals surface area contributed by atoms with E-state index in [4.69, 9.17) is 5.73 Å². The lowest BCUT2D eigenvalue weighted by atomic mass is 9.90. The zero-order valence-electron chi connectivity index (χ0n) is 11.0. The fourth-order valence-corrected chi connectivity index (χ4v) is 2.10. The smallest absolute Gasteiger partial charge is 0.251 e. The number of ketones is 1. The van der Waals surface area contributed by atoms with Gasteiger partial charge in [-0.2, -0.15) is 0 Å². The number of hydrogen-bond donors (Lipinski definition) is 1. The van der Waals surface area contributed by atoms with Crippen molar-refractivity contribution in [3.8, 4) is 0 Å². The summed E-state index contributed by atoms with van der Waals surface area (Å²) in [5, 5.41) is 0. The third-order valence-corrected chi connectivity index (χ3v) is 2.95. The number of rotatable bonds is 7. The van der Waals surface area contributed by atoms with E-state index in [2.05, 4.69) is 4.98 Å². The molecule has 0 bridgehead atoms. The first kappa shape index (κ1) is 14.4. The van der Waals surface area contributed by atoms with Crippen molar-refractivity contribution in [1.29, 1.82) is 0 Å². The van der Waals surface area contributed by atoms with Crippen molar-refractivity contribution in [3.63, 3.8) is 0 Å². The average molecular weight is 248 g/mol. The molecule has 0 unspecified atom stereocenters. The van der Waals surface area contributed by atoms with Crippen LogP contribution in [0.25, 0.3) is 0 Å². The van der Waals surface area contributed by atoms with E-state index in [-0.39, 0.29) is 23.0 Å². The van der Waals surface area contributed by atoms with Gasteiger partial charge in [0.15, 0.2) is 5.78 Å². The van der Waals surface area contributed by atoms with Gasteiger partial charge in [-0.05, 0) is 25.0 Å². The summed E-state index contributed by atoms with van der Waals surface area (Å²) in [6, 6.07) is 3.17. The van der Waals surface area contributed by atoms with Gasteiger partial charge in [-0.25, -0.2) is 0 Å². The topological polar surface area (TPSA) is 73.1 Å². The SMILES string of the molecule is CCCC(CCC)C(=O)c1ncccc1C(N)=O. The Morgan fingerprint density at radius 1 is 1.28 bits per heavy atom. The molecule has 0 saturated carbocycles. The van der Waals surface area contributed by atoms with Crippen molar-refractivity contribution >= 4 is 11.7 Å². The third-order valence-electron chi connectivity index (χ3n) is 2.95. The Morgan fingerprint density at radius 3 is 2.39 bits per heavy atom. The van der Waals surface area contributed by atoms with E-state index >= 15 is 0 Å². The maximum absolute atomic E-state index is 12.4. The second-order valence-electron chi connectivity index (χ2n) is 4.40. The van der Waals surface area contributed by atoms with Gasteiger partial charge >= 0.3 is 0 Å². The van der Waals surface area contributed by atoms with E-state index < -0.39 is 5.91 Å². The van der Waals surface area contributed by atoms with Crippen molar-refractivity contribution in [2.75, 3.05) is 0 Å². The first-order valence-corrected chi connectivity index (χ1v) is 6.40. The van der Waals surface area contributed by atoms with Gasteiger partial charge < -0.3 is 5.73 Å². The van der Waals surface area contributed by atoms with E-state index in [1.807, 2.05) is 13.8 Å². The lowest BCUT2D eigenvalue weighted by Crippen LogP contribution is -2.22. The Kier molecular flexibility index (Phi) is 5.49. The van der Waals surface area contributed by atoms with Crippen molar-refractivity contribution in [2.45, 2.75) is 39.5 Å². The maximum atomic E-state index is 12.4. The average Bonchev–Trinajstić information content (AvgIpc) is 2.37. The Hall–Kier alpha value is -1.71. The zero-order valence-corrected chi connectivity index (χ0v) is 11.0. The molecule has 0 aliphatic heterocycles. The summed E-state index contributed by atoms with van der Waals surface area (Å²) < 4.78 is 0. The molecule has 0 atom stereocenters. The summed E-state index contributed by atoms with van der Waals surface area (Å²) in [5.74, 6) is -0.723. The standard InChI is InChI=1S/C14H20N2O2/c1-3-6-10(7-4-2)13(17)12-11(14(15)18)8-5-9-16-12/h5,8-10H,3-4,6-7H2,1-2H3,(H2,15,18). The first-order chi connectivity index (χ1) is 8.61. The minimum Gasteiger partial charge on any atom is -0.366 e. The van der Waals surface area contributed by atoms with E-state index in [1.165, 1.54) is 6.20 Å². The van der Waals surface area contributed by atoms with Crippen molar-refractivity contribution in [1.82, 2.24) is 4.98 Å². The van der Waals surface area contributed by atoms with Crippen LogP contribution in [0.2, 0.25) is 0 Å². The molecule has 2 N–H and O–H groups in total. The summed E-state index contributed by atoms with van der Waals surface area (Å²) >= 11 is 0. The summed E-state index contributed by atoms with van der Waals surface area (Å²) in [6.45, 7) is 4.09. The van der Waals surface area contributed by atoms with Crippen LogP contribution in [0, 0.1) is 5.92 Å². The molecule has 0 radical (unpaired) electrons. The Morgan fingerprint density at radius 2 is 1.89 bits per heavy atom. The second-order valence-corrected chi connectivity index (χ2v) is 4.40. The molecule has 18 heavy (non-hydrogen) atoms. The molecule has 0 aromatic carbocycles. The lowest BCUT2D eigenvalue weighted by molar-refractivity contribution is 0.0888. The number of carbonyl (C=O) groups excluding carboxylic acids is 2. The van der Waals surface area contributed by atoms with Crippen LogP contribution < -0.4 is 5.73 Å². The van der Waals surface area contributed by atoms with Gasteiger partial charge in [-0.15, -0.1) is 0 Å². The molecular formula is C14H20N2O2. The lowest BCUT2D eigenvalue weighted by Gasteiger charge is -2.14. The van der Waals surface area contributed by atoms with Gasteiger partial charge in [0.1, 0.15) is 5.69 Å². The van der Waals surface area contributed by atoms with Crippen LogP contribution in [0.3, 0.4) is 0 Å². The minimum absolute atomic E-state index is 0.0619. The highest BCUT2D eigenvalue weighted by Crippen LogP contribution is 2.20. The minimum atomic E-state index is -0.599. The van der Waals surface area contributed by atoms with Crippen LogP contribution in [0.4, 0.5) is 0 Å². The number of pyridine rings is 1. The quantitative estimate of drug-likeness (QED) is 0.754. The highest BCUT2D eigenvalue weighted by atomic mass is 16.1. The van der Waals surface area contributed by atoms with Gasteiger partial charge in [0, 0.05) is 12.1 Å². The van der Waals surface area contributed by atoms with E-state index in [0.717, 1.165) is 25.7 Å². The van der Waals surface area contributed by atoms with E-state index in [1.54, 1.807) is 12.1 Å². The summed E-state index contributed by atoms with van der Waals surface area (Å²) in [6.07, 6.45) is 5.04. The van der Waals surface area contributed by atoms with Crippen molar-refractivity contribution < 1.29 is 9.59 Å². The molecule has 1 aromatic rings. The van der Waals surface area contributed by atoms with Gasteiger partial charge in [-0.1, -0.05) is 26.7 Å². The third kappa shape index (κ3) is 3.39. The number of primary amides is 1. The van der Waals surface area contributed by atoms with Crippen LogP contribution in [0.5, 0.6) is 0 Å². The van der Waals surface area contributed by atoms with Crippen LogP contribution in [0.15, 0.2) is 18.3 Å². The molecule has 1 aromatic heterocycles. The second kappa shape index (κ2) is 6.89. The molecule has 1 amide bonds. The summed E-state index contributed by atoms with van der Waals surface area (Å²) in [7, 11) is 0. The number of Topliss-reactive ketones (excluding diaryl/α,β-unsaturated/α-hetero) is 1. The molecule has 1 rings (SSSR count). The molecule has 4 nitrogen and oxygen atoms in total. The fourth-order valence-electron chi connectivity index (χ4n) is 2.10. The summed E-state index contributed by atoms with van der Waals surface area (Å²) in [4.78, 5) is 27.7. The van der Waals surface area contributed by atoms with Crippen LogP contribution >= 0.6 is 0 Å². The molecule has 1 heterocycles. The molecule has 4 heteroatoms. The van der Waals surface area contributed by atoms with Gasteiger partial charge in [0.2, 0.25) is 0 Å². The number of amides is 1. The van der Waals surface area contributed by atoms with Crippen LogP contribution in [-0.4, -0.2) is 16.7 Å². The first-order valence-electron chi connectivity index (χ1n) is 6.40. The fraction of sp³-hybridized carbons (Fsp3) is 0.500. The number of carbonyl (C=O) groups is 2. The van der Waals surface area contributed by atoms with E-state index in [9.17, 15) is 9.59 Å². The summed E-state index contributed by atoms with van der Waals surface area (Å²) in [5.41, 5.74) is 5.71. The molecule has 0 spiro atoms. The molecular weight excluding hydrogens is 228 g/mol. The number of nitrogens with two attached hydrogens (primary N) is 1. The van der Waals surface area contributed by atoms with Gasteiger partial charge in [-0.3, -0.25) is 14.6 Å². The predicted octanol–water partition coefficient (Wildman–Crippen LogP) is 2.58. The Bertz CT molecular complexity index is 424. The largest absolute Gasteiger partial charge is 0.366 e. The van der Waals surface area contributed by atoms with E-state index in [0.29, 0.717) is 0 Å². The molecule has 0 aliphatic rings. The number of hydrogen-bond acceptors (Lipinski definition) is 3. The Balaban J connectivity index is 3.04. The number of nitrogens with zero attached hydrogens (tertiary/aromatic N) is 1. The molecule has 98 valence electrons. The predicted molar refractivity (Wildman–Crippen MR) is 70.4 cm³/mol. The van der Waals surface area contributed by atoms with Crippen molar-refractivity contribution in [2.24, 2.45) is 11.7 Å². The Labute approximate surface area is 108 Å². The normalized spacial score (nSPS) is 10.6. The highest BCUT2D eigenvalue weighted by molar-refractivity contribution is 6.06. The van der Waals surface area contributed by atoms with Crippen LogP contribution in [0.1, 0.15) is 60.4 Å². The van der Waals surface area contributed by atoms with Crippen molar-refractivity contribution in [3.05, 3.63) is 29.6 Å². The monoisotopic (exact) mass is 248 g/mol. The molecule has 0 aliphatic carbocycles. The zero-order chi connectivity index (χ0) is 13.5. The van der Waals surface area contributed by atoms with Gasteiger partial charge in [0.25, 0.3) is 5.91 Å². The molecule has 0 fully saturated rings. The maximum Gasteiger partial charge on any atom is 0.251 e. The van der Waals surface area contributed by atoms with Crippen LogP contribution in [-0.2, 0) is 0 Å². The number of aromatic nitrogens is 1.